The molecule has 1 fully saturated rings. The van der Waals surface area contributed by atoms with Gasteiger partial charge in [-0.05, 0) is 32.7 Å². The first kappa shape index (κ1) is 7.73. The zero-order valence-corrected chi connectivity index (χ0v) is 6.68. The van der Waals surface area contributed by atoms with Gasteiger partial charge in [0.1, 0.15) is 5.78 Å². The number of nitrogens with one attached hydrogen (secondary N) is 1. The highest BCUT2D eigenvalue weighted by Crippen LogP contribution is 2.32. The lowest BCUT2D eigenvalue weighted by molar-refractivity contribution is -0.120. The highest BCUT2D eigenvalue weighted by Gasteiger charge is 2.25. The van der Waals surface area contributed by atoms with Gasteiger partial charge in [-0.2, -0.15) is 0 Å². The lowest BCUT2D eigenvalue weighted by atomic mass is 10.1. The highest BCUT2D eigenvalue weighted by molar-refractivity contribution is 5.83. The number of hydrogen-bond acceptors (Lipinski definition) is 2. The van der Waals surface area contributed by atoms with E-state index in [-0.39, 0.29) is 6.04 Å². The summed E-state index contributed by atoms with van der Waals surface area (Å²) >= 11 is 0. The molecule has 0 heterocycles. The predicted octanol–water partition coefficient (Wildman–Crippen LogP) is 0.963. The summed E-state index contributed by atoms with van der Waals surface area (Å²) in [4.78, 5) is 11.2. The van der Waals surface area contributed by atoms with Gasteiger partial charge in [0.15, 0.2) is 0 Å². The second-order valence-electron chi connectivity index (χ2n) is 3.12. The number of rotatable bonds is 4. The number of Topliss-reactive ketones (excluding diaryl/α,β-unsaturated/α-hetero) is 1. The minimum atomic E-state index is 0.0561. The third kappa shape index (κ3) is 2.10. The molecule has 0 aromatic rings. The van der Waals surface area contributed by atoms with Crippen molar-refractivity contribution in [1.29, 1.82) is 0 Å². The van der Waals surface area contributed by atoms with Gasteiger partial charge in [0.05, 0.1) is 6.04 Å². The third-order valence-electron chi connectivity index (χ3n) is 2.10. The van der Waals surface area contributed by atoms with Gasteiger partial charge in [-0.15, -0.1) is 0 Å². The van der Waals surface area contributed by atoms with Gasteiger partial charge in [-0.1, -0.05) is 0 Å². The Kier molecular flexibility index (Phi) is 2.44. The smallest absolute Gasteiger partial charge is 0.149 e. The van der Waals surface area contributed by atoms with Crippen molar-refractivity contribution in [3.8, 4) is 0 Å². The maximum Gasteiger partial charge on any atom is 0.149 e. The Morgan fingerprint density at radius 1 is 1.70 bits per heavy atom. The molecule has 0 radical (unpaired) electrons. The monoisotopic (exact) mass is 141 g/mol. The van der Waals surface area contributed by atoms with Gasteiger partial charge in [0.2, 0.25) is 0 Å². The second-order valence-corrected chi connectivity index (χ2v) is 3.12. The van der Waals surface area contributed by atoms with Crippen molar-refractivity contribution in [2.45, 2.75) is 32.2 Å². The van der Waals surface area contributed by atoms with E-state index in [2.05, 4.69) is 5.32 Å². The average molecular weight is 141 g/mol. The van der Waals surface area contributed by atoms with Gasteiger partial charge in [-0.25, -0.2) is 0 Å². The lowest BCUT2D eigenvalue weighted by Crippen LogP contribution is -2.30. The Bertz CT molecular complexity index is 129. The van der Waals surface area contributed by atoms with E-state index >= 15 is 0 Å². The summed E-state index contributed by atoms with van der Waals surface area (Å²) in [5, 5.41) is 2.95. The molecule has 1 unspecified atom stereocenters. The molecule has 0 bridgehead atoms. The molecule has 10 heavy (non-hydrogen) atoms. The van der Waals surface area contributed by atoms with E-state index in [1.54, 1.807) is 0 Å². The molecule has 0 aromatic heterocycles. The predicted molar refractivity (Wildman–Crippen MR) is 40.9 cm³/mol. The largest absolute Gasteiger partial charge is 0.311 e. The van der Waals surface area contributed by atoms with Crippen LogP contribution in [0.5, 0.6) is 0 Å². The molecule has 1 saturated carbocycles. The normalized spacial score (nSPS) is 20.6. The summed E-state index contributed by atoms with van der Waals surface area (Å²) in [6.07, 6.45) is 3.33. The Morgan fingerprint density at radius 2 is 2.30 bits per heavy atom. The van der Waals surface area contributed by atoms with Crippen LogP contribution in [0.2, 0.25) is 0 Å². The molecule has 2 nitrogen and oxygen atoms in total. The van der Waals surface area contributed by atoms with Gasteiger partial charge in [0.25, 0.3) is 0 Å². The number of carbonyl (C=O) groups excluding carboxylic acids is 1. The van der Waals surface area contributed by atoms with E-state index < -0.39 is 0 Å². The molecule has 1 aliphatic rings. The van der Waals surface area contributed by atoms with Gasteiger partial charge < -0.3 is 5.32 Å². The summed E-state index contributed by atoms with van der Waals surface area (Å²) in [6.45, 7) is 1.92. The SMILES string of the molecule is CNC(C)C(=O)CC1CC1. The average Bonchev–Trinajstić information content (AvgIpc) is 2.70. The molecule has 0 spiro atoms. The Morgan fingerprint density at radius 3 is 2.70 bits per heavy atom. The molecule has 0 aromatic carbocycles. The summed E-state index contributed by atoms with van der Waals surface area (Å²) in [6, 6.07) is 0.0561. The number of hydrogen-bond donors (Lipinski definition) is 1. The van der Waals surface area contributed by atoms with Crippen molar-refractivity contribution in [2.75, 3.05) is 7.05 Å². The van der Waals surface area contributed by atoms with Crippen LogP contribution in [0, 0.1) is 5.92 Å². The first-order chi connectivity index (χ1) is 4.74. The molecule has 58 valence electrons. The van der Waals surface area contributed by atoms with E-state index in [1.807, 2.05) is 14.0 Å². The van der Waals surface area contributed by atoms with Crippen molar-refractivity contribution >= 4 is 5.78 Å². The lowest BCUT2D eigenvalue weighted by Gasteiger charge is -2.06. The van der Waals surface area contributed by atoms with E-state index in [0.29, 0.717) is 5.78 Å². The number of ketones is 1. The number of likely N-dealkylation sites (N-methyl/N-ethyl adjacent to an activating group) is 1. The third-order valence-corrected chi connectivity index (χ3v) is 2.10. The van der Waals surface area contributed by atoms with Crippen LogP contribution in [0.25, 0.3) is 0 Å². The second kappa shape index (κ2) is 3.15. The zero-order valence-electron chi connectivity index (χ0n) is 6.68. The molecule has 2 heteroatoms. The topological polar surface area (TPSA) is 29.1 Å². The molecular weight excluding hydrogens is 126 g/mol. The van der Waals surface area contributed by atoms with Gasteiger partial charge >= 0.3 is 0 Å². The van der Waals surface area contributed by atoms with E-state index in [1.165, 1.54) is 12.8 Å². The van der Waals surface area contributed by atoms with Crippen LogP contribution in [-0.2, 0) is 4.79 Å². The minimum Gasteiger partial charge on any atom is -0.311 e. The van der Waals surface area contributed by atoms with Crippen LogP contribution >= 0.6 is 0 Å². The van der Waals surface area contributed by atoms with Crippen LogP contribution in [0.15, 0.2) is 0 Å². The van der Waals surface area contributed by atoms with Gasteiger partial charge in [-0.3, -0.25) is 4.79 Å². The standard InChI is InChI=1S/C8H15NO/c1-6(9-2)8(10)5-7-3-4-7/h6-7,9H,3-5H2,1-2H3. The molecule has 1 atom stereocenters. The minimum absolute atomic E-state index is 0.0561. The Labute approximate surface area is 62.0 Å². The maximum absolute atomic E-state index is 11.2. The molecule has 1 rings (SSSR count). The van der Waals surface area contributed by atoms with Crippen molar-refractivity contribution < 1.29 is 4.79 Å². The van der Waals surface area contributed by atoms with Crippen molar-refractivity contribution in [2.24, 2.45) is 5.92 Å². The molecule has 0 saturated heterocycles. The molecule has 1 aliphatic carbocycles. The first-order valence-electron chi connectivity index (χ1n) is 3.94. The van der Waals surface area contributed by atoms with Crippen molar-refractivity contribution in [3.05, 3.63) is 0 Å². The first-order valence-corrected chi connectivity index (χ1v) is 3.94. The van der Waals surface area contributed by atoms with Crippen LogP contribution in [0.3, 0.4) is 0 Å². The maximum atomic E-state index is 11.2. The summed E-state index contributed by atoms with van der Waals surface area (Å²) < 4.78 is 0. The molecule has 1 N–H and O–H groups in total. The van der Waals surface area contributed by atoms with Crippen LogP contribution < -0.4 is 5.32 Å². The summed E-state index contributed by atoms with van der Waals surface area (Å²) in [5.41, 5.74) is 0. The fourth-order valence-electron chi connectivity index (χ4n) is 0.944. The fourth-order valence-corrected chi connectivity index (χ4v) is 0.944. The molecule has 0 amide bonds. The van der Waals surface area contributed by atoms with Crippen molar-refractivity contribution in [1.82, 2.24) is 5.32 Å². The van der Waals surface area contributed by atoms with Crippen LogP contribution in [0.1, 0.15) is 26.2 Å². The Balaban J connectivity index is 2.18. The van der Waals surface area contributed by atoms with E-state index in [0.717, 1.165) is 12.3 Å². The quantitative estimate of drug-likeness (QED) is 0.632. The summed E-state index contributed by atoms with van der Waals surface area (Å²) in [5.74, 6) is 1.09. The number of carbonyl (C=O) groups is 1. The van der Waals surface area contributed by atoms with Crippen molar-refractivity contribution in [3.63, 3.8) is 0 Å². The summed E-state index contributed by atoms with van der Waals surface area (Å²) in [7, 11) is 1.83. The fraction of sp³-hybridized carbons (Fsp3) is 0.875. The molecular formula is C8H15NO. The Hall–Kier alpha value is -0.370. The van der Waals surface area contributed by atoms with Crippen LogP contribution in [-0.4, -0.2) is 18.9 Å². The van der Waals surface area contributed by atoms with E-state index in [4.69, 9.17) is 0 Å². The van der Waals surface area contributed by atoms with Crippen LogP contribution in [0.4, 0.5) is 0 Å². The zero-order chi connectivity index (χ0) is 7.56. The van der Waals surface area contributed by atoms with Gasteiger partial charge in [0, 0.05) is 6.42 Å². The molecule has 0 aliphatic heterocycles. The van der Waals surface area contributed by atoms with E-state index in [9.17, 15) is 4.79 Å². The highest BCUT2D eigenvalue weighted by atomic mass is 16.1.